The molecule has 1 aliphatic rings. The Hall–Kier alpha value is -1.68. The average Bonchev–Trinajstić information content (AvgIpc) is 3.01. The highest BCUT2D eigenvalue weighted by Crippen LogP contribution is 2.23. The van der Waals surface area contributed by atoms with Crippen LogP contribution in [0.4, 0.5) is 0 Å². The molecular weight excluding hydrogens is 202 g/mol. The number of nitrogens with zero attached hydrogens (tertiary/aromatic N) is 2. The molecule has 1 aromatic carbocycles. The number of hydrogen-bond donors (Lipinski definition) is 1. The van der Waals surface area contributed by atoms with E-state index in [-0.39, 0.29) is 6.04 Å². The van der Waals surface area contributed by atoms with Crippen molar-refractivity contribution in [3.05, 3.63) is 36.2 Å². The molecule has 0 amide bonds. The molecule has 0 radical (unpaired) electrons. The zero-order valence-corrected chi connectivity index (χ0v) is 8.89. The molecule has 82 valence electrons. The molecule has 0 aliphatic carbocycles. The molecule has 16 heavy (non-hydrogen) atoms. The van der Waals surface area contributed by atoms with E-state index in [0.29, 0.717) is 11.7 Å². The van der Waals surface area contributed by atoms with Gasteiger partial charge in [-0.05, 0) is 19.4 Å². The molecule has 4 nitrogen and oxygen atoms in total. The second-order valence-corrected chi connectivity index (χ2v) is 3.97. The molecule has 2 aromatic rings. The van der Waals surface area contributed by atoms with E-state index in [0.717, 1.165) is 18.5 Å². The lowest BCUT2D eigenvalue weighted by atomic mass is 10.2. The fourth-order valence-electron chi connectivity index (χ4n) is 1.98. The Labute approximate surface area is 93.7 Å². The highest BCUT2D eigenvalue weighted by atomic mass is 16.5. The van der Waals surface area contributed by atoms with Crippen LogP contribution in [0.3, 0.4) is 0 Å². The van der Waals surface area contributed by atoms with Gasteiger partial charge >= 0.3 is 0 Å². The molecule has 1 saturated heterocycles. The lowest BCUT2D eigenvalue weighted by Crippen LogP contribution is -2.12. The Kier molecular flexibility index (Phi) is 2.42. The zero-order valence-electron chi connectivity index (χ0n) is 8.89. The molecule has 2 heterocycles. The minimum Gasteiger partial charge on any atom is -0.337 e. The second kappa shape index (κ2) is 4.06. The van der Waals surface area contributed by atoms with E-state index in [4.69, 9.17) is 4.52 Å². The lowest BCUT2D eigenvalue weighted by Gasteiger charge is -2.01. The number of nitrogens with one attached hydrogen (secondary N) is 1. The van der Waals surface area contributed by atoms with E-state index < -0.39 is 0 Å². The summed E-state index contributed by atoms with van der Waals surface area (Å²) in [5.41, 5.74) is 0.996. The lowest BCUT2D eigenvalue weighted by molar-refractivity contribution is 0.345. The maximum atomic E-state index is 5.28. The largest absolute Gasteiger partial charge is 0.337 e. The SMILES string of the molecule is c1ccc(-c2noc(C3CCCN3)n2)cc1. The zero-order chi connectivity index (χ0) is 10.8. The minimum atomic E-state index is 0.241. The van der Waals surface area contributed by atoms with E-state index in [1.165, 1.54) is 6.42 Å². The summed E-state index contributed by atoms with van der Waals surface area (Å²) < 4.78 is 5.28. The van der Waals surface area contributed by atoms with Crippen molar-refractivity contribution in [1.82, 2.24) is 15.5 Å². The van der Waals surface area contributed by atoms with Crippen molar-refractivity contribution < 1.29 is 4.52 Å². The maximum absolute atomic E-state index is 5.28. The van der Waals surface area contributed by atoms with E-state index in [2.05, 4.69) is 15.5 Å². The van der Waals surface area contributed by atoms with Gasteiger partial charge in [-0.15, -0.1) is 0 Å². The summed E-state index contributed by atoms with van der Waals surface area (Å²) in [7, 11) is 0. The van der Waals surface area contributed by atoms with Crippen LogP contribution in [0.2, 0.25) is 0 Å². The number of hydrogen-bond acceptors (Lipinski definition) is 4. The van der Waals surface area contributed by atoms with Crippen molar-refractivity contribution in [3.8, 4) is 11.4 Å². The van der Waals surface area contributed by atoms with Crippen molar-refractivity contribution in [3.63, 3.8) is 0 Å². The van der Waals surface area contributed by atoms with Crippen LogP contribution in [0, 0.1) is 0 Å². The molecule has 0 saturated carbocycles. The third kappa shape index (κ3) is 1.72. The Morgan fingerprint density at radius 1 is 1.25 bits per heavy atom. The highest BCUT2D eigenvalue weighted by molar-refractivity contribution is 5.53. The molecule has 1 N–H and O–H groups in total. The molecule has 3 rings (SSSR count). The number of rotatable bonds is 2. The molecule has 4 heteroatoms. The van der Waals surface area contributed by atoms with Gasteiger partial charge in [0, 0.05) is 5.56 Å². The fourth-order valence-corrected chi connectivity index (χ4v) is 1.98. The van der Waals surface area contributed by atoms with Crippen molar-refractivity contribution in [2.75, 3.05) is 6.54 Å². The normalized spacial score (nSPS) is 20.1. The molecule has 1 fully saturated rings. The summed E-state index contributed by atoms with van der Waals surface area (Å²) in [4.78, 5) is 4.42. The van der Waals surface area contributed by atoms with Crippen LogP contribution in [-0.2, 0) is 0 Å². The Morgan fingerprint density at radius 2 is 2.12 bits per heavy atom. The summed E-state index contributed by atoms with van der Waals surface area (Å²) >= 11 is 0. The van der Waals surface area contributed by atoms with Gasteiger partial charge in [0.05, 0.1) is 6.04 Å². The highest BCUT2D eigenvalue weighted by Gasteiger charge is 2.22. The molecule has 0 spiro atoms. The monoisotopic (exact) mass is 215 g/mol. The van der Waals surface area contributed by atoms with Gasteiger partial charge in [0.1, 0.15) is 0 Å². The van der Waals surface area contributed by atoms with Crippen LogP contribution in [0.25, 0.3) is 11.4 Å². The van der Waals surface area contributed by atoms with Crippen LogP contribution >= 0.6 is 0 Å². The van der Waals surface area contributed by atoms with Gasteiger partial charge in [0.2, 0.25) is 11.7 Å². The first-order valence-electron chi connectivity index (χ1n) is 5.56. The van der Waals surface area contributed by atoms with E-state index in [1.54, 1.807) is 0 Å². The predicted octanol–water partition coefficient (Wildman–Crippen LogP) is 2.16. The van der Waals surface area contributed by atoms with Crippen LogP contribution < -0.4 is 5.32 Å². The van der Waals surface area contributed by atoms with Crippen LogP contribution in [0.5, 0.6) is 0 Å². The Morgan fingerprint density at radius 3 is 2.88 bits per heavy atom. The van der Waals surface area contributed by atoms with Gasteiger partial charge in [-0.1, -0.05) is 35.5 Å². The summed E-state index contributed by atoms with van der Waals surface area (Å²) in [6, 6.07) is 10.1. The van der Waals surface area contributed by atoms with Gasteiger partial charge in [0.25, 0.3) is 0 Å². The summed E-state index contributed by atoms with van der Waals surface area (Å²) in [5.74, 6) is 1.38. The Bertz CT molecular complexity index is 460. The maximum Gasteiger partial charge on any atom is 0.244 e. The van der Waals surface area contributed by atoms with Crippen molar-refractivity contribution >= 4 is 0 Å². The second-order valence-electron chi connectivity index (χ2n) is 3.97. The standard InChI is InChI=1S/C12H13N3O/c1-2-5-9(6-3-1)11-14-12(16-15-11)10-7-4-8-13-10/h1-3,5-6,10,13H,4,7-8H2. The molecule has 0 bridgehead atoms. The third-order valence-corrected chi connectivity index (χ3v) is 2.83. The van der Waals surface area contributed by atoms with Gasteiger partial charge in [-0.25, -0.2) is 0 Å². The van der Waals surface area contributed by atoms with Crippen LogP contribution in [0.15, 0.2) is 34.9 Å². The average molecular weight is 215 g/mol. The summed E-state index contributed by atoms with van der Waals surface area (Å²) in [6.07, 6.45) is 2.25. The summed E-state index contributed by atoms with van der Waals surface area (Å²) in [6.45, 7) is 1.04. The molecule has 1 atom stereocenters. The smallest absolute Gasteiger partial charge is 0.244 e. The first-order chi connectivity index (χ1) is 7.93. The van der Waals surface area contributed by atoms with E-state index in [1.807, 2.05) is 30.3 Å². The van der Waals surface area contributed by atoms with E-state index in [9.17, 15) is 0 Å². The van der Waals surface area contributed by atoms with Crippen molar-refractivity contribution in [2.24, 2.45) is 0 Å². The predicted molar refractivity (Wildman–Crippen MR) is 59.7 cm³/mol. The molecule has 1 aliphatic heterocycles. The molecule has 1 aromatic heterocycles. The number of aromatic nitrogens is 2. The molecular formula is C12H13N3O. The van der Waals surface area contributed by atoms with Gasteiger partial charge in [-0.3, -0.25) is 0 Å². The fraction of sp³-hybridized carbons (Fsp3) is 0.333. The van der Waals surface area contributed by atoms with Crippen molar-refractivity contribution in [1.29, 1.82) is 0 Å². The summed E-state index contributed by atoms with van der Waals surface area (Å²) in [5, 5.41) is 7.35. The minimum absolute atomic E-state index is 0.241. The first kappa shape index (κ1) is 9.54. The molecule has 1 unspecified atom stereocenters. The topological polar surface area (TPSA) is 51.0 Å². The van der Waals surface area contributed by atoms with Crippen LogP contribution in [0.1, 0.15) is 24.8 Å². The quantitative estimate of drug-likeness (QED) is 0.834. The van der Waals surface area contributed by atoms with E-state index >= 15 is 0 Å². The van der Waals surface area contributed by atoms with Gasteiger partial charge in [-0.2, -0.15) is 4.98 Å². The third-order valence-electron chi connectivity index (χ3n) is 2.83. The van der Waals surface area contributed by atoms with Gasteiger partial charge in [0.15, 0.2) is 0 Å². The van der Waals surface area contributed by atoms with Gasteiger partial charge < -0.3 is 9.84 Å². The number of benzene rings is 1. The van der Waals surface area contributed by atoms with Crippen molar-refractivity contribution in [2.45, 2.75) is 18.9 Å². The first-order valence-corrected chi connectivity index (χ1v) is 5.56. The van der Waals surface area contributed by atoms with Crippen LogP contribution in [-0.4, -0.2) is 16.7 Å². The Balaban J connectivity index is 1.87.